The number of aromatic nitrogens is 2. The lowest BCUT2D eigenvalue weighted by atomic mass is 10.2. The number of hydrogen-bond acceptors (Lipinski definition) is 4. The predicted octanol–water partition coefficient (Wildman–Crippen LogP) is 1.69. The average molecular weight is 366 g/mol. The SMILES string of the molecule is Cn1cc(S(=O)(=O)N2CCCC2CN2CCCC2)c(C(F)(F)F)n1. The van der Waals surface area contributed by atoms with Crippen molar-refractivity contribution in [2.24, 2.45) is 7.05 Å². The molecule has 0 spiro atoms. The van der Waals surface area contributed by atoms with Gasteiger partial charge in [0.1, 0.15) is 4.90 Å². The molecule has 3 rings (SSSR count). The number of nitrogens with zero attached hydrogens (tertiary/aromatic N) is 4. The molecule has 0 radical (unpaired) electrons. The summed E-state index contributed by atoms with van der Waals surface area (Å²) in [5.41, 5.74) is -1.34. The molecule has 0 saturated carbocycles. The van der Waals surface area contributed by atoms with Crippen molar-refractivity contribution in [1.29, 1.82) is 0 Å². The summed E-state index contributed by atoms with van der Waals surface area (Å²) < 4.78 is 67.3. The Balaban J connectivity index is 1.89. The highest BCUT2D eigenvalue weighted by molar-refractivity contribution is 7.89. The Labute approximate surface area is 139 Å². The fourth-order valence-corrected chi connectivity index (χ4v) is 5.42. The highest BCUT2D eigenvalue weighted by atomic mass is 32.2. The Bertz CT molecular complexity index is 695. The van der Waals surface area contributed by atoms with Crippen molar-refractivity contribution in [1.82, 2.24) is 19.0 Å². The molecular formula is C14H21F3N4O2S. The van der Waals surface area contributed by atoms with Crippen molar-refractivity contribution in [2.45, 2.75) is 42.8 Å². The van der Waals surface area contributed by atoms with Crippen LogP contribution < -0.4 is 0 Å². The molecule has 0 amide bonds. The van der Waals surface area contributed by atoms with Gasteiger partial charge < -0.3 is 4.90 Å². The molecular weight excluding hydrogens is 345 g/mol. The number of aryl methyl sites for hydroxylation is 1. The Morgan fingerprint density at radius 2 is 1.88 bits per heavy atom. The predicted molar refractivity (Wildman–Crippen MR) is 80.8 cm³/mol. The van der Waals surface area contributed by atoms with Crippen LogP contribution in [-0.2, 0) is 23.2 Å². The topological polar surface area (TPSA) is 58.4 Å². The lowest BCUT2D eigenvalue weighted by molar-refractivity contribution is -0.143. The van der Waals surface area contributed by atoms with Gasteiger partial charge in [-0.15, -0.1) is 0 Å². The van der Waals surface area contributed by atoms with Crippen molar-refractivity contribution in [3.8, 4) is 0 Å². The van der Waals surface area contributed by atoms with Gasteiger partial charge in [0.05, 0.1) is 0 Å². The van der Waals surface area contributed by atoms with Crippen LogP contribution in [0.25, 0.3) is 0 Å². The average Bonchev–Trinajstić information content (AvgIpc) is 3.18. The summed E-state index contributed by atoms with van der Waals surface area (Å²) in [6.45, 7) is 2.68. The minimum absolute atomic E-state index is 0.257. The van der Waals surface area contributed by atoms with Crippen LogP contribution in [0.5, 0.6) is 0 Å². The maximum Gasteiger partial charge on any atom is 0.436 e. The molecule has 0 N–H and O–H groups in total. The van der Waals surface area contributed by atoms with E-state index < -0.39 is 26.8 Å². The second kappa shape index (κ2) is 6.30. The van der Waals surface area contributed by atoms with Crippen LogP contribution in [0.4, 0.5) is 13.2 Å². The number of rotatable bonds is 4. The maximum absolute atomic E-state index is 13.1. The summed E-state index contributed by atoms with van der Waals surface area (Å²) in [6, 6.07) is -0.269. The number of alkyl halides is 3. The van der Waals surface area contributed by atoms with Crippen molar-refractivity contribution in [3.05, 3.63) is 11.9 Å². The molecule has 2 aliphatic rings. The van der Waals surface area contributed by atoms with Crippen LogP contribution in [0, 0.1) is 0 Å². The first-order valence-electron chi connectivity index (χ1n) is 8.04. The van der Waals surface area contributed by atoms with E-state index in [1.165, 1.54) is 11.4 Å². The van der Waals surface area contributed by atoms with Crippen LogP contribution in [0.3, 0.4) is 0 Å². The third-order valence-corrected chi connectivity index (χ3v) is 6.59. The summed E-state index contributed by atoms with van der Waals surface area (Å²) >= 11 is 0. The van der Waals surface area contributed by atoms with Crippen LogP contribution in [-0.4, -0.2) is 59.6 Å². The molecule has 0 aliphatic carbocycles. The summed E-state index contributed by atoms with van der Waals surface area (Å²) in [4.78, 5) is 1.44. The van der Waals surface area contributed by atoms with Gasteiger partial charge in [0.2, 0.25) is 10.0 Å². The fraction of sp³-hybridized carbons (Fsp3) is 0.786. The molecule has 1 unspecified atom stereocenters. The second-order valence-corrected chi connectivity index (χ2v) is 8.29. The van der Waals surface area contributed by atoms with Crippen LogP contribution in [0.1, 0.15) is 31.4 Å². The van der Waals surface area contributed by atoms with Crippen molar-refractivity contribution in [3.63, 3.8) is 0 Å². The van der Waals surface area contributed by atoms with E-state index >= 15 is 0 Å². The van der Waals surface area contributed by atoms with Crippen molar-refractivity contribution < 1.29 is 21.6 Å². The van der Waals surface area contributed by atoms with Crippen LogP contribution >= 0.6 is 0 Å². The molecule has 10 heteroatoms. The molecule has 1 aromatic rings. The monoisotopic (exact) mass is 366 g/mol. The highest BCUT2D eigenvalue weighted by Crippen LogP contribution is 2.36. The van der Waals surface area contributed by atoms with E-state index in [4.69, 9.17) is 0 Å². The van der Waals surface area contributed by atoms with E-state index in [1.807, 2.05) is 0 Å². The highest BCUT2D eigenvalue weighted by Gasteiger charge is 2.45. The normalized spacial score (nSPS) is 24.1. The molecule has 0 aromatic carbocycles. The van der Waals surface area contributed by atoms with Crippen LogP contribution in [0.15, 0.2) is 11.1 Å². The van der Waals surface area contributed by atoms with Gasteiger partial charge in [-0.1, -0.05) is 0 Å². The molecule has 3 heterocycles. The summed E-state index contributed by atoms with van der Waals surface area (Å²) in [5, 5.41) is 3.32. The molecule has 1 atom stereocenters. The van der Waals surface area contributed by atoms with E-state index in [0.29, 0.717) is 19.4 Å². The third-order valence-electron chi connectivity index (χ3n) is 4.64. The van der Waals surface area contributed by atoms with E-state index in [-0.39, 0.29) is 12.6 Å². The van der Waals surface area contributed by atoms with Gasteiger partial charge in [0.25, 0.3) is 0 Å². The number of sulfonamides is 1. The van der Waals surface area contributed by atoms with Crippen molar-refractivity contribution >= 4 is 10.0 Å². The molecule has 1 aromatic heterocycles. The summed E-state index contributed by atoms with van der Waals surface area (Å²) in [6.07, 6.45) is -0.339. The first kappa shape index (κ1) is 17.7. The Kier molecular flexibility index (Phi) is 4.65. The number of halogens is 3. The third kappa shape index (κ3) is 3.31. The fourth-order valence-electron chi connectivity index (χ4n) is 3.55. The van der Waals surface area contributed by atoms with Gasteiger partial charge >= 0.3 is 6.18 Å². The maximum atomic E-state index is 13.1. The van der Waals surface area contributed by atoms with Gasteiger partial charge in [-0.3, -0.25) is 4.68 Å². The van der Waals surface area contributed by atoms with E-state index in [1.54, 1.807) is 0 Å². The summed E-state index contributed by atoms with van der Waals surface area (Å²) in [5.74, 6) is 0. The van der Waals surface area contributed by atoms with Crippen molar-refractivity contribution in [2.75, 3.05) is 26.2 Å². The molecule has 6 nitrogen and oxygen atoms in total. The summed E-state index contributed by atoms with van der Waals surface area (Å²) in [7, 11) is -2.93. The Morgan fingerprint density at radius 1 is 1.21 bits per heavy atom. The first-order valence-corrected chi connectivity index (χ1v) is 9.48. The van der Waals surface area contributed by atoms with E-state index in [2.05, 4.69) is 10.00 Å². The zero-order valence-corrected chi connectivity index (χ0v) is 14.3. The molecule has 0 bridgehead atoms. The van der Waals surface area contributed by atoms with Gasteiger partial charge in [0.15, 0.2) is 5.69 Å². The Morgan fingerprint density at radius 3 is 2.50 bits per heavy atom. The zero-order chi connectivity index (χ0) is 17.5. The molecule has 2 fully saturated rings. The molecule has 2 saturated heterocycles. The van der Waals surface area contributed by atoms with Gasteiger partial charge in [-0.05, 0) is 38.8 Å². The van der Waals surface area contributed by atoms with Gasteiger partial charge in [0, 0.05) is 32.4 Å². The standard InChI is InChI=1S/C14H21F3N4O2S/c1-19-10-12(13(18-19)14(15,16)17)24(22,23)21-8-4-5-11(21)9-20-6-2-3-7-20/h10-11H,2-9H2,1H3. The second-order valence-electron chi connectivity index (χ2n) is 6.43. The number of hydrogen-bond donors (Lipinski definition) is 0. The van der Waals surface area contributed by atoms with E-state index in [9.17, 15) is 21.6 Å². The van der Waals surface area contributed by atoms with Gasteiger partial charge in [-0.25, -0.2) is 8.42 Å². The number of likely N-dealkylation sites (tertiary alicyclic amines) is 1. The minimum atomic E-state index is -4.80. The lowest BCUT2D eigenvalue weighted by Gasteiger charge is -2.27. The molecule has 24 heavy (non-hydrogen) atoms. The zero-order valence-electron chi connectivity index (χ0n) is 13.5. The minimum Gasteiger partial charge on any atom is -0.302 e. The lowest BCUT2D eigenvalue weighted by Crippen LogP contribution is -2.42. The Hall–Kier alpha value is -1.13. The molecule has 136 valence electrons. The van der Waals surface area contributed by atoms with Crippen LogP contribution in [0.2, 0.25) is 0 Å². The van der Waals surface area contributed by atoms with Gasteiger partial charge in [-0.2, -0.15) is 22.6 Å². The van der Waals surface area contributed by atoms with E-state index in [0.717, 1.165) is 36.8 Å². The smallest absolute Gasteiger partial charge is 0.302 e. The first-order chi connectivity index (χ1) is 11.2. The molecule has 2 aliphatic heterocycles. The quantitative estimate of drug-likeness (QED) is 0.814. The largest absolute Gasteiger partial charge is 0.436 e.